The molecule has 0 radical (unpaired) electrons. The number of benzene rings is 1. The van der Waals surface area contributed by atoms with Crippen molar-refractivity contribution in [2.75, 3.05) is 18.6 Å². The van der Waals surface area contributed by atoms with Gasteiger partial charge in [0.1, 0.15) is 12.4 Å². The van der Waals surface area contributed by atoms with E-state index in [4.69, 9.17) is 4.74 Å². The monoisotopic (exact) mass is 214 g/mol. The molecule has 1 aromatic rings. The molecule has 0 atom stereocenters. The molecule has 1 aromatic carbocycles. The molecule has 0 saturated heterocycles. The average molecular weight is 214 g/mol. The summed E-state index contributed by atoms with van der Waals surface area (Å²) >= 11 is 0. The van der Waals surface area contributed by atoms with Gasteiger partial charge in [0.05, 0.1) is 5.75 Å². The van der Waals surface area contributed by atoms with Crippen molar-refractivity contribution in [2.45, 2.75) is 6.92 Å². The lowest BCUT2D eigenvalue weighted by Crippen LogP contribution is -2.11. The highest BCUT2D eigenvalue weighted by Gasteiger charge is 2.02. The van der Waals surface area contributed by atoms with Crippen LogP contribution in [0.5, 0.6) is 5.75 Å². The highest BCUT2D eigenvalue weighted by molar-refractivity contribution is 7.90. The van der Waals surface area contributed by atoms with Crippen molar-refractivity contribution in [3.63, 3.8) is 0 Å². The van der Waals surface area contributed by atoms with Gasteiger partial charge in [-0.25, -0.2) is 8.42 Å². The van der Waals surface area contributed by atoms with Crippen LogP contribution in [-0.4, -0.2) is 27.0 Å². The largest absolute Gasteiger partial charge is 0.493 e. The zero-order valence-electron chi connectivity index (χ0n) is 8.36. The maximum Gasteiger partial charge on any atom is 0.150 e. The molecular formula is C10H14O3S. The van der Waals surface area contributed by atoms with E-state index in [0.717, 1.165) is 5.56 Å². The molecule has 14 heavy (non-hydrogen) atoms. The number of hydrogen-bond acceptors (Lipinski definition) is 3. The molecule has 0 aliphatic carbocycles. The highest BCUT2D eigenvalue weighted by Crippen LogP contribution is 2.11. The fourth-order valence-electron chi connectivity index (χ4n) is 1.02. The van der Waals surface area contributed by atoms with Crippen LogP contribution >= 0.6 is 0 Å². The van der Waals surface area contributed by atoms with E-state index in [9.17, 15) is 8.42 Å². The number of ether oxygens (including phenoxy) is 1. The van der Waals surface area contributed by atoms with Crippen LogP contribution in [0.2, 0.25) is 0 Å². The molecule has 0 unspecified atom stereocenters. The van der Waals surface area contributed by atoms with Gasteiger partial charge in [0.25, 0.3) is 0 Å². The van der Waals surface area contributed by atoms with Crippen LogP contribution in [-0.2, 0) is 9.84 Å². The summed E-state index contributed by atoms with van der Waals surface area (Å²) in [5.41, 5.74) is 1.10. The minimum atomic E-state index is -2.93. The van der Waals surface area contributed by atoms with E-state index in [1.807, 2.05) is 31.2 Å². The number of hydrogen-bond donors (Lipinski definition) is 0. The minimum Gasteiger partial charge on any atom is -0.493 e. The van der Waals surface area contributed by atoms with Gasteiger partial charge in [-0.15, -0.1) is 0 Å². The topological polar surface area (TPSA) is 43.4 Å². The summed E-state index contributed by atoms with van der Waals surface area (Å²) in [5.74, 6) is 0.773. The smallest absolute Gasteiger partial charge is 0.150 e. The predicted molar refractivity (Wildman–Crippen MR) is 56.4 cm³/mol. The summed E-state index contributed by atoms with van der Waals surface area (Å²) in [6.07, 6.45) is 1.20. The van der Waals surface area contributed by atoms with Crippen molar-refractivity contribution in [1.82, 2.24) is 0 Å². The fraction of sp³-hybridized carbons (Fsp3) is 0.400. The molecule has 0 aromatic heterocycles. The Morgan fingerprint density at radius 1 is 1.36 bits per heavy atom. The summed E-state index contributed by atoms with van der Waals surface area (Å²) in [6, 6.07) is 7.53. The summed E-state index contributed by atoms with van der Waals surface area (Å²) in [7, 11) is -2.93. The van der Waals surface area contributed by atoms with Crippen LogP contribution in [0.3, 0.4) is 0 Å². The van der Waals surface area contributed by atoms with Gasteiger partial charge in [-0.05, 0) is 24.6 Å². The van der Waals surface area contributed by atoms with Gasteiger partial charge in [0.15, 0.2) is 9.84 Å². The third-order valence-electron chi connectivity index (χ3n) is 1.71. The second kappa shape index (κ2) is 4.46. The molecule has 0 bridgehead atoms. The van der Waals surface area contributed by atoms with Gasteiger partial charge >= 0.3 is 0 Å². The van der Waals surface area contributed by atoms with Gasteiger partial charge in [-0.1, -0.05) is 12.1 Å². The Kier molecular flexibility index (Phi) is 3.52. The summed E-state index contributed by atoms with van der Waals surface area (Å²) in [6.45, 7) is 2.17. The van der Waals surface area contributed by atoms with Crippen molar-refractivity contribution >= 4 is 9.84 Å². The Balaban J connectivity index is 2.47. The molecule has 0 fully saturated rings. The molecular weight excluding hydrogens is 200 g/mol. The first-order valence-corrected chi connectivity index (χ1v) is 6.40. The number of sulfone groups is 1. The third kappa shape index (κ3) is 4.28. The van der Waals surface area contributed by atoms with Crippen molar-refractivity contribution < 1.29 is 13.2 Å². The van der Waals surface area contributed by atoms with Crippen LogP contribution < -0.4 is 4.74 Å². The number of rotatable bonds is 4. The van der Waals surface area contributed by atoms with Crippen LogP contribution in [0, 0.1) is 6.92 Å². The predicted octanol–water partition coefficient (Wildman–Crippen LogP) is 1.42. The molecule has 0 aliphatic rings. The van der Waals surface area contributed by atoms with E-state index in [-0.39, 0.29) is 12.4 Å². The Labute approximate surface area is 84.6 Å². The van der Waals surface area contributed by atoms with E-state index in [2.05, 4.69) is 0 Å². The van der Waals surface area contributed by atoms with Crippen molar-refractivity contribution in [3.8, 4) is 5.75 Å². The Bertz CT molecular complexity index is 396. The van der Waals surface area contributed by atoms with Crippen LogP contribution in [0.1, 0.15) is 5.56 Å². The van der Waals surface area contributed by atoms with E-state index < -0.39 is 9.84 Å². The minimum absolute atomic E-state index is 0.0565. The summed E-state index contributed by atoms with van der Waals surface area (Å²) < 4.78 is 26.9. The molecule has 0 saturated carbocycles. The van der Waals surface area contributed by atoms with E-state index in [1.54, 1.807) is 0 Å². The zero-order chi connectivity index (χ0) is 10.6. The first-order chi connectivity index (χ1) is 6.47. The number of aryl methyl sites for hydroxylation is 1. The van der Waals surface area contributed by atoms with Crippen LogP contribution in [0.25, 0.3) is 0 Å². The van der Waals surface area contributed by atoms with Gasteiger partial charge in [-0.3, -0.25) is 0 Å². The molecule has 0 aliphatic heterocycles. The standard InChI is InChI=1S/C10H14O3S/c1-9-4-3-5-10(8-9)13-6-7-14(2,11)12/h3-5,8H,6-7H2,1-2H3. The molecule has 0 heterocycles. The first-order valence-electron chi connectivity index (χ1n) is 4.34. The molecule has 1 rings (SSSR count). The van der Waals surface area contributed by atoms with E-state index >= 15 is 0 Å². The lowest BCUT2D eigenvalue weighted by molar-refractivity contribution is 0.341. The molecule has 0 amide bonds. The van der Waals surface area contributed by atoms with Crippen LogP contribution in [0.15, 0.2) is 24.3 Å². The van der Waals surface area contributed by atoms with Crippen LogP contribution in [0.4, 0.5) is 0 Å². The van der Waals surface area contributed by atoms with Crippen molar-refractivity contribution in [1.29, 1.82) is 0 Å². The van der Waals surface area contributed by atoms with Gasteiger partial charge in [0.2, 0.25) is 0 Å². The Hall–Kier alpha value is -1.03. The lowest BCUT2D eigenvalue weighted by Gasteiger charge is -2.05. The quantitative estimate of drug-likeness (QED) is 0.761. The molecule has 3 nitrogen and oxygen atoms in total. The van der Waals surface area contributed by atoms with E-state index in [1.165, 1.54) is 6.26 Å². The second-order valence-electron chi connectivity index (χ2n) is 3.29. The van der Waals surface area contributed by atoms with Crippen molar-refractivity contribution in [3.05, 3.63) is 29.8 Å². The van der Waals surface area contributed by atoms with E-state index in [0.29, 0.717) is 5.75 Å². The Morgan fingerprint density at radius 2 is 2.07 bits per heavy atom. The maximum atomic E-state index is 10.8. The average Bonchev–Trinajstić information content (AvgIpc) is 2.01. The zero-order valence-corrected chi connectivity index (χ0v) is 9.17. The third-order valence-corrected chi connectivity index (χ3v) is 2.62. The lowest BCUT2D eigenvalue weighted by atomic mass is 10.2. The SMILES string of the molecule is Cc1cccc(OCCS(C)(=O)=O)c1. The normalized spacial score (nSPS) is 11.3. The summed E-state index contributed by atoms with van der Waals surface area (Å²) in [4.78, 5) is 0. The van der Waals surface area contributed by atoms with Gasteiger partial charge in [-0.2, -0.15) is 0 Å². The molecule has 78 valence electrons. The molecule has 0 N–H and O–H groups in total. The van der Waals surface area contributed by atoms with Gasteiger partial charge < -0.3 is 4.74 Å². The first kappa shape index (κ1) is 11.0. The van der Waals surface area contributed by atoms with Gasteiger partial charge in [0, 0.05) is 6.26 Å². The summed E-state index contributed by atoms with van der Waals surface area (Å²) in [5, 5.41) is 0. The fourth-order valence-corrected chi connectivity index (χ4v) is 1.40. The second-order valence-corrected chi connectivity index (χ2v) is 5.55. The highest BCUT2D eigenvalue weighted by atomic mass is 32.2. The maximum absolute atomic E-state index is 10.8. The molecule has 0 spiro atoms. The Morgan fingerprint density at radius 3 is 2.64 bits per heavy atom. The molecule has 4 heteroatoms. The van der Waals surface area contributed by atoms with Crippen molar-refractivity contribution in [2.24, 2.45) is 0 Å².